The Morgan fingerprint density at radius 1 is 1.00 bits per heavy atom. The first-order valence-electron chi connectivity index (χ1n) is 10.4. The first-order chi connectivity index (χ1) is 15.5. The van der Waals surface area contributed by atoms with Crippen LogP contribution < -0.4 is 10.6 Å². The number of halogens is 2. The SMILES string of the molecule is C/C=C\C(CCNc1nccc(I)n1)=C(/C)c1ccc(CCNc2ccnc(Cl)n2)cc1. The van der Waals surface area contributed by atoms with E-state index in [-0.39, 0.29) is 5.28 Å². The van der Waals surface area contributed by atoms with Gasteiger partial charge in [0.05, 0.1) is 0 Å². The van der Waals surface area contributed by atoms with E-state index < -0.39 is 0 Å². The van der Waals surface area contributed by atoms with Gasteiger partial charge in [-0.25, -0.2) is 19.9 Å². The molecule has 2 heterocycles. The molecule has 3 aromatic rings. The van der Waals surface area contributed by atoms with Crippen molar-refractivity contribution in [3.8, 4) is 0 Å². The van der Waals surface area contributed by atoms with E-state index in [1.807, 2.05) is 19.1 Å². The lowest BCUT2D eigenvalue weighted by Crippen LogP contribution is -2.07. The Morgan fingerprint density at radius 3 is 2.50 bits per heavy atom. The third-order valence-electron chi connectivity index (χ3n) is 4.88. The normalized spacial score (nSPS) is 12.0. The van der Waals surface area contributed by atoms with Crippen LogP contribution in [-0.4, -0.2) is 33.0 Å². The average molecular weight is 561 g/mol. The van der Waals surface area contributed by atoms with E-state index >= 15 is 0 Å². The molecule has 0 atom stereocenters. The molecule has 0 aliphatic heterocycles. The van der Waals surface area contributed by atoms with Gasteiger partial charge in [-0.15, -0.1) is 0 Å². The van der Waals surface area contributed by atoms with Crippen molar-refractivity contribution in [2.24, 2.45) is 0 Å². The van der Waals surface area contributed by atoms with E-state index in [2.05, 4.69) is 96.5 Å². The minimum atomic E-state index is 0.250. The van der Waals surface area contributed by atoms with Crippen molar-refractivity contribution < 1.29 is 0 Å². The van der Waals surface area contributed by atoms with Gasteiger partial charge in [-0.3, -0.25) is 0 Å². The molecule has 0 aliphatic rings. The molecule has 0 aliphatic carbocycles. The number of hydrogen-bond acceptors (Lipinski definition) is 6. The molecule has 1 aromatic carbocycles. The average Bonchev–Trinajstić information content (AvgIpc) is 2.79. The molecule has 8 heteroatoms. The third kappa shape index (κ3) is 7.56. The molecule has 32 heavy (non-hydrogen) atoms. The minimum Gasteiger partial charge on any atom is -0.370 e. The number of benzene rings is 1. The Morgan fingerprint density at radius 2 is 1.78 bits per heavy atom. The number of nitrogens with one attached hydrogen (secondary N) is 2. The van der Waals surface area contributed by atoms with Crippen LogP contribution in [-0.2, 0) is 6.42 Å². The summed E-state index contributed by atoms with van der Waals surface area (Å²) in [6, 6.07) is 12.4. The third-order valence-corrected chi connectivity index (χ3v) is 5.66. The van der Waals surface area contributed by atoms with Gasteiger partial charge in [0.25, 0.3) is 0 Å². The zero-order valence-electron chi connectivity index (χ0n) is 18.1. The number of anilines is 2. The maximum Gasteiger partial charge on any atom is 0.224 e. The molecule has 0 saturated carbocycles. The summed E-state index contributed by atoms with van der Waals surface area (Å²) in [7, 11) is 0. The second-order valence-electron chi connectivity index (χ2n) is 7.11. The molecule has 6 nitrogen and oxygen atoms in total. The van der Waals surface area contributed by atoms with Crippen LogP contribution in [0.4, 0.5) is 11.8 Å². The molecule has 3 rings (SSSR count). The quantitative estimate of drug-likeness (QED) is 0.136. The molecule has 0 amide bonds. The highest BCUT2D eigenvalue weighted by molar-refractivity contribution is 14.1. The summed E-state index contributed by atoms with van der Waals surface area (Å²) in [5.74, 6) is 1.40. The minimum absolute atomic E-state index is 0.250. The second kappa shape index (κ2) is 12.5. The summed E-state index contributed by atoms with van der Waals surface area (Å²) in [5, 5.41) is 6.84. The van der Waals surface area contributed by atoms with E-state index in [1.165, 1.54) is 22.3 Å². The van der Waals surface area contributed by atoms with Crippen molar-refractivity contribution in [1.82, 2.24) is 19.9 Å². The molecule has 0 radical (unpaired) electrons. The van der Waals surface area contributed by atoms with Gasteiger partial charge in [0.1, 0.15) is 9.52 Å². The molecule has 0 unspecified atom stereocenters. The van der Waals surface area contributed by atoms with Gasteiger partial charge in [-0.1, -0.05) is 36.4 Å². The summed E-state index contributed by atoms with van der Waals surface area (Å²) in [6.07, 6.45) is 9.46. The van der Waals surface area contributed by atoms with Gasteiger partial charge in [0, 0.05) is 25.5 Å². The zero-order valence-corrected chi connectivity index (χ0v) is 21.1. The molecule has 0 fully saturated rings. The van der Waals surface area contributed by atoms with Crippen LogP contribution in [0.25, 0.3) is 5.57 Å². The fourth-order valence-corrected chi connectivity index (χ4v) is 3.74. The predicted octanol–water partition coefficient (Wildman–Crippen LogP) is 6.03. The summed E-state index contributed by atoms with van der Waals surface area (Å²) in [4.78, 5) is 16.7. The first-order valence-corrected chi connectivity index (χ1v) is 11.9. The van der Waals surface area contributed by atoms with E-state index in [1.54, 1.807) is 12.4 Å². The van der Waals surface area contributed by atoms with Gasteiger partial charge in [-0.2, -0.15) is 0 Å². The van der Waals surface area contributed by atoms with Gasteiger partial charge in [0.2, 0.25) is 11.2 Å². The van der Waals surface area contributed by atoms with Crippen molar-refractivity contribution in [1.29, 1.82) is 0 Å². The highest BCUT2D eigenvalue weighted by Crippen LogP contribution is 2.22. The Balaban J connectivity index is 1.58. The van der Waals surface area contributed by atoms with Gasteiger partial charge < -0.3 is 10.6 Å². The van der Waals surface area contributed by atoms with Gasteiger partial charge in [-0.05, 0) is 95.3 Å². The van der Waals surface area contributed by atoms with Crippen LogP contribution in [0, 0.1) is 3.70 Å². The van der Waals surface area contributed by atoms with Crippen LogP contribution in [0.15, 0.2) is 66.5 Å². The van der Waals surface area contributed by atoms with Crippen LogP contribution in [0.1, 0.15) is 31.4 Å². The lowest BCUT2D eigenvalue weighted by molar-refractivity contribution is 0.982. The smallest absolute Gasteiger partial charge is 0.224 e. The number of aromatic nitrogens is 4. The van der Waals surface area contributed by atoms with Crippen molar-refractivity contribution in [2.75, 3.05) is 23.7 Å². The van der Waals surface area contributed by atoms with E-state index in [0.29, 0.717) is 5.95 Å². The monoisotopic (exact) mass is 560 g/mol. The molecular formula is C24H26ClIN6. The van der Waals surface area contributed by atoms with Gasteiger partial charge >= 0.3 is 0 Å². The van der Waals surface area contributed by atoms with E-state index in [9.17, 15) is 0 Å². The van der Waals surface area contributed by atoms with Gasteiger partial charge in [0.15, 0.2) is 0 Å². The maximum atomic E-state index is 5.82. The Hall–Kier alpha value is -2.52. The number of allylic oxidation sites excluding steroid dienone is 3. The Kier molecular flexibility index (Phi) is 9.43. The Labute approximate surface area is 207 Å². The van der Waals surface area contributed by atoms with Crippen molar-refractivity contribution in [3.63, 3.8) is 0 Å². The number of nitrogens with zero attached hydrogens (tertiary/aromatic N) is 4. The largest absolute Gasteiger partial charge is 0.370 e. The van der Waals surface area contributed by atoms with E-state index in [0.717, 1.165) is 35.4 Å². The maximum absolute atomic E-state index is 5.82. The summed E-state index contributed by atoms with van der Waals surface area (Å²) in [6.45, 7) is 5.77. The van der Waals surface area contributed by atoms with Crippen molar-refractivity contribution in [2.45, 2.75) is 26.7 Å². The molecular weight excluding hydrogens is 535 g/mol. The zero-order chi connectivity index (χ0) is 22.8. The van der Waals surface area contributed by atoms with Crippen LogP contribution in [0.5, 0.6) is 0 Å². The predicted molar refractivity (Wildman–Crippen MR) is 141 cm³/mol. The molecule has 0 bridgehead atoms. The van der Waals surface area contributed by atoms with Crippen LogP contribution in [0.2, 0.25) is 5.28 Å². The fourth-order valence-electron chi connectivity index (χ4n) is 3.20. The summed E-state index contributed by atoms with van der Waals surface area (Å²) < 4.78 is 0.927. The Bertz CT molecular complexity index is 1080. The highest BCUT2D eigenvalue weighted by Gasteiger charge is 2.05. The number of hydrogen-bond donors (Lipinski definition) is 2. The molecule has 0 spiro atoms. The highest BCUT2D eigenvalue weighted by atomic mass is 127. The lowest BCUT2D eigenvalue weighted by atomic mass is 9.97. The number of rotatable bonds is 10. The van der Waals surface area contributed by atoms with Crippen LogP contribution >= 0.6 is 34.2 Å². The second-order valence-corrected chi connectivity index (χ2v) is 8.56. The fraction of sp³-hybridized carbons (Fsp3) is 0.250. The van der Waals surface area contributed by atoms with E-state index in [4.69, 9.17) is 11.6 Å². The summed E-state index contributed by atoms with van der Waals surface area (Å²) in [5.41, 5.74) is 5.05. The molecule has 2 N–H and O–H groups in total. The summed E-state index contributed by atoms with van der Waals surface area (Å²) >= 11 is 8.01. The lowest BCUT2D eigenvalue weighted by Gasteiger charge is -2.12. The molecule has 2 aromatic heterocycles. The topological polar surface area (TPSA) is 75.6 Å². The van der Waals surface area contributed by atoms with Crippen molar-refractivity contribution >= 4 is 51.5 Å². The van der Waals surface area contributed by atoms with Crippen LogP contribution in [0.3, 0.4) is 0 Å². The standard InChI is InChI=1S/C24H26ClIN6/c1-3-4-19(10-14-29-24-30-15-11-21(26)31-24)17(2)20-7-5-18(6-8-20)9-13-27-22-12-16-28-23(25)32-22/h3-8,11-12,15-16H,9-10,13-14H2,1-2H3,(H,27,28,32)(H,29,30,31)/b4-3-,19-17-. The molecule has 166 valence electrons. The first kappa shape index (κ1) is 24.1. The molecule has 0 saturated heterocycles. The van der Waals surface area contributed by atoms with Crippen molar-refractivity contribution in [3.05, 3.63) is 86.6 Å².